The third-order valence-electron chi connectivity index (χ3n) is 4.10. The van der Waals surface area contributed by atoms with E-state index in [-0.39, 0.29) is 7.58 Å². The summed E-state index contributed by atoms with van der Waals surface area (Å²) >= 11 is 0. The minimum Gasteiger partial charge on any atom is -0.344 e. The quantitative estimate of drug-likeness (QED) is 0.722. The van der Waals surface area contributed by atoms with Crippen molar-refractivity contribution in [3.05, 3.63) is 0 Å². The molecule has 0 aromatic carbocycles. The van der Waals surface area contributed by atoms with E-state index in [1.54, 1.807) is 6.42 Å². The molecule has 0 aromatic heterocycles. The maximum absolute atomic E-state index is 2.79. The SMILES string of the molecule is C1CCC(N2CC3CC3C2)CC1.CC.N.[HH]. The molecule has 2 nitrogen and oxygen atoms in total. The van der Waals surface area contributed by atoms with E-state index >= 15 is 0 Å². The summed E-state index contributed by atoms with van der Waals surface area (Å²) in [5.41, 5.74) is 0. The highest BCUT2D eigenvalue weighted by atomic mass is 15.2. The zero-order valence-electron chi connectivity index (χ0n) is 10.5. The van der Waals surface area contributed by atoms with Crippen molar-refractivity contribution in [2.75, 3.05) is 13.1 Å². The first-order valence-corrected chi connectivity index (χ1v) is 6.67. The number of piperidine rings is 1. The standard InChI is InChI=1S/C11H19N.C2H6.H3N.H2/c1-2-4-11(5-3-1)12-7-9-6-10(9)8-12;1-2;;/h9-11H,1-8H2;1-2H3;1H3;1H. The van der Waals surface area contributed by atoms with Crippen molar-refractivity contribution >= 4 is 0 Å². The molecule has 3 aliphatic rings. The van der Waals surface area contributed by atoms with E-state index < -0.39 is 0 Å². The topological polar surface area (TPSA) is 38.2 Å². The van der Waals surface area contributed by atoms with Gasteiger partial charge in [-0.05, 0) is 31.1 Å². The number of likely N-dealkylation sites (tertiary alicyclic amines) is 1. The molecule has 0 amide bonds. The molecule has 15 heavy (non-hydrogen) atoms. The van der Waals surface area contributed by atoms with Gasteiger partial charge in [0.25, 0.3) is 0 Å². The van der Waals surface area contributed by atoms with Gasteiger partial charge < -0.3 is 6.15 Å². The van der Waals surface area contributed by atoms with Gasteiger partial charge in [0.15, 0.2) is 0 Å². The average molecular weight is 214 g/mol. The van der Waals surface area contributed by atoms with E-state index in [2.05, 4.69) is 4.90 Å². The minimum absolute atomic E-state index is 0. The second-order valence-corrected chi connectivity index (χ2v) is 5.00. The number of hydrogen-bond donors (Lipinski definition) is 1. The predicted molar refractivity (Wildman–Crippen MR) is 68.5 cm³/mol. The summed E-state index contributed by atoms with van der Waals surface area (Å²) < 4.78 is 0. The van der Waals surface area contributed by atoms with Crippen molar-refractivity contribution in [2.24, 2.45) is 11.8 Å². The normalized spacial score (nSPS) is 34.8. The van der Waals surface area contributed by atoms with E-state index in [9.17, 15) is 0 Å². The van der Waals surface area contributed by atoms with Crippen LogP contribution in [0.25, 0.3) is 0 Å². The van der Waals surface area contributed by atoms with E-state index in [0.717, 1.165) is 17.9 Å². The maximum Gasteiger partial charge on any atom is 0.00954 e. The van der Waals surface area contributed by atoms with Crippen molar-refractivity contribution < 1.29 is 1.43 Å². The molecule has 1 saturated heterocycles. The summed E-state index contributed by atoms with van der Waals surface area (Å²) in [5.74, 6) is 2.26. The molecule has 1 heterocycles. The van der Waals surface area contributed by atoms with Gasteiger partial charge in [0.05, 0.1) is 0 Å². The number of hydrogen-bond acceptors (Lipinski definition) is 2. The van der Waals surface area contributed by atoms with Crippen LogP contribution in [0.1, 0.15) is 53.8 Å². The Morgan fingerprint density at radius 3 is 2.00 bits per heavy atom. The molecule has 2 heteroatoms. The number of rotatable bonds is 1. The van der Waals surface area contributed by atoms with Crippen LogP contribution in [-0.4, -0.2) is 24.0 Å². The molecular formula is C13H30N2. The van der Waals surface area contributed by atoms with Crippen LogP contribution in [0.4, 0.5) is 0 Å². The second kappa shape index (κ2) is 5.86. The van der Waals surface area contributed by atoms with Crippen LogP contribution in [0.2, 0.25) is 0 Å². The molecule has 1 aliphatic heterocycles. The fourth-order valence-electron chi connectivity index (χ4n) is 3.18. The molecule has 0 aromatic rings. The Hall–Kier alpha value is -0.0800. The summed E-state index contributed by atoms with van der Waals surface area (Å²) in [4.78, 5) is 2.79. The van der Waals surface area contributed by atoms with Gasteiger partial charge in [0.1, 0.15) is 0 Å². The maximum atomic E-state index is 2.79. The molecule has 92 valence electrons. The van der Waals surface area contributed by atoms with Gasteiger partial charge >= 0.3 is 0 Å². The van der Waals surface area contributed by atoms with Crippen molar-refractivity contribution in [1.82, 2.24) is 11.1 Å². The molecular weight excluding hydrogens is 184 g/mol. The summed E-state index contributed by atoms with van der Waals surface area (Å²) in [6.07, 6.45) is 9.05. The molecule has 0 spiro atoms. The van der Waals surface area contributed by atoms with Crippen LogP contribution in [0.15, 0.2) is 0 Å². The fraction of sp³-hybridized carbons (Fsp3) is 1.00. The lowest BCUT2D eigenvalue weighted by Gasteiger charge is -2.31. The molecule has 2 aliphatic carbocycles. The molecule has 3 fully saturated rings. The lowest BCUT2D eigenvalue weighted by molar-refractivity contribution is 0.174. The third kappa shape index (κ3) is 2.94. The highest BCUT2D eigenvalue weighted by Crippen LogP contribution is 2.46. The first-order chi connectivity index (χ1) is 6.93. The van der Waals surface area contributed by atoms with Gasteiger partial charge in [0.2, 0.25) is 0 Å². The first-order valence-electron chi connectivity index (χ1n) is 6.67. The number of fused-ring (bicyclic) bond motifs is 1. The number of nitrogens with zero attached hydrogens (tertiary/aromatic N) is 1. The van der Waals surface area contributed by atoms with Crippen LogP contribution in [0.5, 0.6) is 0 Å². The monoisotopic (exact) mass is 214 g/mol. The van der Waals surface area contributed by atoms with Gasteiger partial charge in [-0.1, -0.05) is 33.1 Å². The minimum atomic E-state index is 0. The summed E-state index contributed by atoms with van der Waals surface area (Å²) in [7, 11) is 0. The lowest BCUT2D eigenvalue weighted by Crippen LogP contribution is -2.36. The van der Waals surface area contributed by atoms with Crippen LogP contribution in [0.3, 0.4) is 0 Å². The Balaban J connectivity index is 0.000000536. The molecule has 2 saturated carbocycles. The second-order valence-electron chi connectivity index (χ2n) is 5.00. The van der Waals surface area contributed by atoms with Crippen LogP contribution in [-0.2, 0) is 0 Å². The Labute approximate surface area is 96.5 Å². The van der Waals surface area contributed by atoms with Crippen molar-refractivity contribution in [2.45, 2.75) is 58.4 Å². The first kappa shape index (κ1) is 13.0. The Bertz CT molecular complexity index is 171. The molecule has 2 unspecified atom stereocenters. The highest BCUT2D eigenvalue weighted by Gasteiger charge is 2.46. The smallest absolute Gasteiger partial charge is 0.00954 e. The van der Waals surface area contributed by atoms with Gasteiger partial charge in [-0.25, -0.2) is 0 Å². The summed E-state index contributed by atoms with van der Waals surface area (Å²) in [5, 5.41) is 0. The Kier molecular flexibility index (Phi) is 5.07. The summed E-state index contributed by atoms with van der Waals surface area (Å²) in [6.45, 7) is 6.91. The van der Waals surface area contributed by atoms with Crippen LogP contribution in [0, 0.1) is 11.8 Å². The lowest BCUT2D eigenvalue weighted by atomic mass is 9.94. The largest absolute Gasteiger partial charge is 0.344 e. The fourth-order valence-corrected chi connectivity index (χ4v) is 3.18. The van der Waals surface area contributed by atoms with E-state index in [1.165, 1.54) is 45.2 Å². The predicted octanol–water partition coefficient (Wildman–Crippen LogP) is 3.71. The van der Waals surface area contributed by atoms with Crippen molar-refractivity contribution in [3.63, 3.8) is 0 Å². The van der Waals surface area contributed by atoms with Crippen LogP contribution < -0.4 is 6.15 Å². The molecule has 0 radical (unpaired) electrons. The molecule has 0 bridgehead atoms. The highest BCUT2D eigenvalue weighted by molar-refractivity contribution is 4.98. The van der Waals surface area contributed by atoms with Crippen molar-refractivity contribution in [3.8, 4) is 0 Å². The van der Waals surface area contributed by atoms with Crippen molar-refractivity contribution in [1.29, 1.82) is 0 Å². The Morgan fingerprint density at radius 2 is 1.47 bits per heavy atom. The average Bonchev–Trinajstić information content (AvgIpc) is 2.90. The molecule has 2 atom stereocenters. The van der Waals surface area contributed by atoms with E-state index in [0.29, 0.717) is 0 Å². The molecule has 3 rings (SSSR count). The van der Waals surface area contributed by atoms with E-state index in [4.69, 9.17) is 0 Å². The zero-order chi connectivity index (χ0) is 9.97. The van der Waals surface area contributed by atoms with Gasteiger partial charge in [-0.2, -0.15) is 0 Å². The van der Waals surface area contributed by atoms with Gasteiger partial charge in [-0.3, -0.25) is 4.90 Å². The zero-order valence-corrected chi connectivity index (χ0v) is 10.5. The van der Waals surface area contributed by atoms with Crippen LogP contribution >= 0.6 is 0 Å². The van der Waals surface area contributed by atoms with Gasteiger partial charge in [-0.15, -0.1) is 0 Å². The summed E-state index contributed by atoms with van der Waals surface area (Å²) in [6, 6.07) is 0.992. The Morgan fingerprint density at radius 1 is 0.933 bits per heavy atom. The third-order valence-corrected chi connectivity index (χ3v) is 4.10. The van der Waals surface area contributed by atoms with E-state index in [1.807, 2.05) is 13.8 Å². The molecule has 3 N–H and O–H groups in total. The van der Waals surface area contributed by atoms with Gasteiger partial charge in [0, 0.05) is 20.6 Å².